The van der Waals surface area contributed by atoms with Crippen LogP contribution in [0.1, 0.15) is 37.0 Å². The van der Waals surface area contributed by atoms with Crippen molar-refractivity contribution < 1.29 is 17.9 Å². The fraction of sp³-hybridized carbons (Fsp3) is 0.435. The van der Waals surface area contributed by atoms with Gasteiger partial charge in [0.05, 0.1) is 18.6 Å². The maximum Gasteiger partial charge on any atom is 0.243 e. The van der Waals surface area contributed by atoms with E-state index in [2.05, 4.69) is 5.32 Å². The van der Waals surface area contributed by atoms with E-state index < -0.39 is 16.1 Å². The molecule has 0 radical (unpaired) electrons. The molecule has 0 aliphatic heterocycles. The van der Waals surface area contributed by atoms with Crippen LogP contribution in [0.15, 0.2) is 42.5 Å². The smallest absolute Gasteiger partial charge is 0.243 e. The van der Waals surface area contributed by atoms with Gasteiger partial charge < -0.3 is 10.1 Å². The molecule has 0 bridgehead atoms. The predicted octanol–water partition coefficient (Wildman–Crippen LogP) is 3.61. The van der Waals surface area contributed by atoms with Gasteiger partial charge in [-0.3, -0.25) is 9.10 Å². The molecule has 2 rings (SSSR count). The number of hydrogen-bond acceptors (Lipinski definition) is 4. The van der Waals surface area contributed by atoms with Crippen molar-refractivity contribution in [1.29, 1.82) is 0 Å². The van der Waals surface area contributed by atoms with Crippen molar-refractivity contribution in [2.24, 2.45) is 0 Å². The minimum atomic E-state index is -3.62. The summed E-state index contributed by atoms with van der Waals surface area (Å²) in [7, 11) is -3.62. The second-order valence-corrected chi connectivity index (χ2v) is 9.41. The number of carbonyl (C=O) groups is 1. The summed E-state index contributed by atoms with van der Waals surface area (Å²) < 4.78 is 31.5. The fourth-order valence-corrected chi connectivity index (χ4v) is 4.62. The van der Waals surface area contributed by atoms with Crippen molar-refractivity contribution in [1.82, 2.24) is 5.32 Å². The Labute approximate surface area is 180 Å². The van der Waals surface area contributed by atoms with Gasteiger partial charge in [-0.05, 0) is 81.5 Å². The average molecular weight is 433 g/mol. The number of nitrogens with zero attached hydrogens (tertiary/aromatic N) is 1. The van der Waals surface area contributed by atoms with Crippen LogP contribution in [0, 0.1) is 13.8 Å². The summed E-state index contributed by atoms with van der Waals surface area (Å²) in [5.74, 6) is 0.530. The lowest BCUT2D eigenvalue weighted by Gasteiger charge is -2.28. The second kappa shape index (κ2) is 10.5. The Kier molecular flexibility index (Phi) is 8.29. The Balaban J connectivity index is 1.97. The molecule has 7 heteroatoms. The van der Waals surface area contributed by atoms with E-state index in [9.17, 15) is 13.2 Å². The molecule has 0 aromatic heterocycles. The Morgan fingerprint density at radius 3 is 2.23 bits per heavy atom. The van der Waals surface area contributed by atoms with Gasteiger partial charge in [0.15, 0.2) is 0 Å². The third-order valence-corrected chi connectivity index (χ3v) is 5.97. The number of sulfonamides is 1. The Morgan fingerprint density at radius 2 is 1.70 bits per heavy atom. The molecule has 0 heterocycles. The van der Waals surface area contributed by atoms with Gasteiger partial charge in [0.2, 0.25) is 15.9 Å². The number of anilines is 1. The summed E-state index contributed by atoms with van der Waals surface area (Å²) in [5.41, 5.74) is 3.56. The summed E-state index contributed by atoms with van der Waals surface area (Å²) in [4.78, 5) is 12.7. The highest BCUT2D eigenvalue weighted by atomic mass is 32.2. The van der Waals surface area contributed by atoms with Crippen LogP contribution in [-0.2, 0) is 21.2 Å². The van der Waals surface area contributed by atoms with Crippen LogP contribution in [0.4, 0.5) is 5.69 Å². The SMILES string of the molecule is CCOc1ccc(CCCNC(=O)[C@@H](C)N(c2cc(C)cc(C)c2)S(C)(=O)=O)cc1. The summed E-state index contributed by atoms with van der Waals surface area (Å²) in [6, 6.07) is 12.6. The Morgan fingerprint density at radius 1 is 1.10 bits per heavy atom. The van der Waals surface area contributed by atoms with Gasteiger partial charge >= 0.3 is 0 Å². The molecule has 2 aromatic carbocycles. The molecule has 0 aliphatic rings. The number of nitrogens with one attached hydrogen (secondary N) is 1. The molecule has 6 nitrogen and oxygen atoms in total. The van der Waals surface area contributed by atoms with E-state index in [1.165, 1.54) is 4.31 Å². The Hall–Kier alpha value is -2.54. The minimum Gasteiger partial charge on any atom is -0.494 e. The zero-order valence-electron chi connectivity index (χ0n) is 18.4. The number of carbonyl (C=O) groups excluding carboxylic acids is 1. The normalized spacial score (nSPS) is 12.3. The molecule has 164 valence electrons. The molecule has 1 atom stereocenters. The van der Waals surface area contributed by atoms with Crippen molar-refractivity contribution in [3.63, 3.8) is 0 Å². The maximum atomic E-state index is 12.7. The van der Waals surface area contributed by atoms with Crippen molar-refractivity contribution >= 4 is 21.6 Å². The van der Waals surface area contributed by atoms with Gasteiger partial charge in [0, 0.05) is 6.54 Å². The van der Waals surface area contributed by atoms with Gasteiger partial charge in [-0.25, -0.2) is 8.42 Å². The molecule has 0 saturated carbocycles. The molecular weight excluding hydrogens is 400 g/mol. The lowest BCUT2D eigenvalue weighted by atomic mass is 10.1. The minimum absolute atomic E-state index is 0.314. The highest BCUT2D eigenvalue weighted by molar-refractivity contribution is 7.92. The quantitative estimate of drug-likeness (QED) is 0.582. The first-order valence-corrected chi connectivity index (χ1v) is 12.0. The zero-order chi connectivity index (χ0) is 22.3. The van der Waals surface area contributed by atoms with Crippen LogP contribution in [-0.4, -0.2) is 39.8 Å². The van der Waals surface area contributed by atoms with Crippen molar-refractivity contribution in [2.75, 3.05) is 23.7 Å². The van der Waals surface area contributed by atoms with E-state index in [4.69, 9.17) is 4.74 Å². The van der Waals surface area contributed by atoms with Crippen LogP contribution in [0.2, 0.25) is 0 Å². The fourth-order valence-electron chi connectivity index (χ4n) is 3.46. The summed E-state index contributed by atoms with van der Waals surface area (Å²) >= 11 is 0. The zero-order valence-corrected chi connectivity index (χ0v) is 19.3. The largest absolute Gasteiger partial charge is 0.494 e. The molecular formula is C23H32N2O4S. The first kappa shape index (κ1) is 23.7. The molecule has 1 N–H and O–H groups in total. The van der Waals surface area contributed by atoms with Crippen LogP contribution >= 0.6 is 0 Å². The summed E-state index contributed by atoms with van der Waals surface area (Å²) in [6.07, 6.45) is 2.70. The maximum absolute atomic E-state index is 12.7. The number of hydrogen-bond donors (Lipinski definition) is 1. The van der Waals surface area contributed by atoms with Crippen LogP contribution in [0.25, 0.3) is 0 Å². The van der Waals surface area contributed by atoms with Crippen molar-refractivity contribution in [3.8, 4) is 5.75 Å². The molecule has 0 fully saturated rings. The van der Waals surface area contributed by atoms with E-state index in [1.54, 1.807) is 19.1 Å². The number of rotatable bonds is 10. The molecule has 1 amide bonds. The molecule has 0 aliphatic carbocycles. The van der Waals surface area contributed by atoms with Gasteiger partial charge in [-0.2, -0.15) is 0 Å². The standard InChI is InChI=1S/C23H32N2O4S/c1-6-29-22-11-9-20(10-12-22)8-7-13-24-23(26)19(4)25(30(5,27)28)21-15-17(2)14-18(3)16-21/h9-12,14-16,19H,6-8,13H2,1-5H3,(H,24,26)/t19-/m1/s1. The average Bonchev–Trinajstić information content (AvgIpc) is 2.64. The van der Waals surface area contributed by atoms with Crippen LogP contribution in [0.3, 0.4) is 0 Å². The molecule has 0 saturated heterocycles. The Bertz CT molecular complexity index is 935. The van der Waals surface area contributed by atoms with E-state index in [-0.39, 0.29) is 5.91 Å². The second-order valence-electron chi connectivity index (χ2n) is 7.55. The van der Waals surface area contributed by atoms with Gasteiger partial charge in [0.25, 0.3) is 0 Å². The van der Waals surface area contributed by atoms with Crippen molar-refractivity contribution in [3.05, 3.63) is 59.2 Å². The number of aryl methyl sites for hydroxylation is 3. The van der Waals surface area contributed by atoms with Crippen molar-refractivity contribution in [2.45, 2.75) is 46.6 Å². The highest BCUT2D eigenvalue weighted by Gasteiger charge is 2.29. The number of benzene rings is 2. The summed E-state index contributed by atoms with van der Waals surface area (Å²) in [6.45, 7) is 8.48. The first-order chi connectivity index (χ1) is 14.1. The summed E-state index contributed by atoms with van der Waals surface area (Å²) in [5, 5.41) is 2.87. The topological polar surface area (TPSA) is 75.7 Å². The van der Waals surface area contributed by atoms with Gasteiger partial charge in [-0.15, -0.1) is 0 Å². The third kappa shape index (κ3) is 6.76. The number of amides is 1. The lowest BCUT2D eigenvalue weighted by Crippen LogP contribution is -2.48. The monoisotopic (exact) mass is 432 g/mol. The highest BCUT2D eigenvalue weighted by Crippen LogP contribution is 2.24. The van der Waals surface area contributed by atoms with E-state index in [0.29, 0.717) is 18.8 Å². The third-order valence-electron chi connectivity index (χ3n) is 4.73. The molecule has 30 heavy (non-hydrogen) atoms. The van der Waals surface area contributed by atoms with Gasteiger partial charge in [-0.1, -0.05) is 18.2 Å². The first-order valence-electron chi connectivity index (χ1n) is 10.2. The van der Waals surface area contributed by atoms with E-state index in [1.807, 2.05) is 51.1 Å². The molecule has 0 unspecified atom stereocenters. The van der Waals surface area contributed by atoms with E-state index >= 15 is 0 Å². The van der Waals surface area contributed by atoms with Crippen LogP contribution < -0.4 is 14.4 Å². The molecule has 2 aromatic rings. The number of ether oxygens (including phenoxy) is 1. The van der Waals surface area contributed by atoms with Gasteiger partial charge in [0.1, 0.15) is 11.8 Å². The molecule has 0 spiro atoms. The van der Waals surface area contributed by atoms with Crippen LogP contribution in [0.5, 0.6) is 5.75 Å². The lowest BCUT2D eigenvalue weighted by molar-refractivity contribution is -0.121. The van der Waals surface area contributed by atoms with E-state index in [0.717, 1.165) is 41.5 Å². The predicted molar refractivity (Wildman–Crippen MR) is 122 cm³/mol.